The van der Waals surface area contributed by atoms with Crippen LogP contribution in [0.1, 0.15) is 22.8 Å². The highest BCUT2D eigenvalue weighted by Gasteiger charge is 2.33. The number of para-hydroxylation sites is 1. The number of piperazine rings is 1. The molecule has 0 aliphatic carbocycles. The van der Waals surface area contributed by atoms with Crippen LogP contribution in [-0.2, 0) is 15.8 Å². The van der Waals surface area contributed by atoms with Crippen molar-refractivity contribution in [1.82, 2.24) is 9.80 Å². The van der Waals surface area contributed by atoms with Crippen LogP contribution in [0.5, 0.6) is 0 Å². The van der Waals surface area contributed by atoms with E-state index in [0.29, 0.717) is 37.4 Å². The number of amides is 3. The van der Waals surface area contributed by atoms with Gasteiger partial charge in [-0.1, -0.05) is 18.2 Å². The van der Waals surface area contributed by atoms with Crippen LogP contribution in [0.25, 0.3) is 0 Å². The molecule has 7 nitrogen and oxygen atoms in total. The number of halogens is 3. The van der Waals surface area contributed by atoms with Crippen molar-refractivity contribution in [2.45, 2.75) is 13.1 Å². The van der Waals surface area contributed by atoms with E-state index in [0.717, 1.165) is 6.07 Å². The number of carbonyl (C=O) groups excluding carboxylic acids is 3. The Bertz CT molecular complexity index is 1000. The average molecular weight is 448 g/mol. The van der Waals surface area contributed by atoms with E-state index < -0.39 is 17.6 Å². The highest BCUT2D eigenvalue weighted by Crippen LogP contribution is 2.34. The number of nitrogens with one attached hydrogen (secondary N) is 2. The normalized spacial score (nSPS) is 14.7. The molecule has 170 valence electrons. The summed E-state index contributed by atoms with van der Waals surface area (Å²) in [6, 6.07) is 11.4. The van der Waals surface area contributed by atoms with Crippen LogP contribution in [0.2, 0.25) is 0 Å². The van der Waals surface area contributed by atoms with Crippen LogP contribution in [-0.4, -0.2) is 60.2 Å². The lowest BCUT2D eigenvalue weighted by Crippen LogP contribution is -2.50. The zero-order valence-electron chi connectivity index (χ0n) is 17.4. The summed E-state index contributed by atoms with van der Waals surface area (Å²) >= 11 is 0. The number of carbonyl (C=O) groups is 3. The minimum atomic E-state index is -4.56. The second-order valence-electron chi connectivity index (χ2n) is 7.42. The number of nitrogens with zero attached hydrogens (tertiary/aromatic N) is 2. The van der Waals surface area contributed by atoms with E-state index >= 15 is 0 Å². The summed E-state index contributed by atoms with van der Waals surface area (Å²) in [6.07, 6.45) is -4.56. The van der Waals surface area contributed by atoms with Crippen LogP contribution < -0.4 is 10.6 Å². The van der Waals surface area contributed by atoms with Gasteiger partial charge in [0.15, 0.2) is 0 Å². The zero-order chi connectivity index (χ0) is 23.3. The third-order valence-electron chi connectivity index (χ3n) is 4.96. The van der Waals surface area contributed by atoms with Crippen LogP contribution in [0.15, 0.2) is 48.5 Å². The van der Waals surface area contributed by atoms with E-state index in [1.165, 1.54) is 25.1 Å². The zero-order valence-corrected chi connectivity index (χ0v) is 17.4. The van der Waals surface area contributed by atoms with E-state index in [2.05, 4.69) is 10.6 Å². The van der Waals surface area contributed by atoms with Crippen molar-refractivity contribution in [3.63, 3.8) is 0 Å². The molecule has 0 spiro atoms. The number of rotatable bonds is 5. The Kier molecular flexibility index (Phi) is 7.14. The topological polar surface area (TPSA) is 81.8 Å². The van der Waals surface area contributed by atoms with E-state index in [4.69, 9.17) is 0 Å². The molecule has 1 saturated heterocycles. The Balaban J connectivity index is 1.54. The average Bonchev–Trinajstić information content (AvgIpc) is 2.73. The van der Waals surface area contributed by atoms with Crippen molar-refractivity contribution in [2.24, 2.45) is 0 Å². The van der Waals surface area contributed by atoms with Crippen molar-refractivity contribution >= 4 is 29.1 Å². The molecule has 10 heteroatoms. The molecule has 0 bridgehead atoms. The number of hydrogen-bond acceptors (Lipinski definition) is 4. The summed E-state index contributed by atoms with van der Waals surface area (Å²) < 4.78 is 39.3. The van der Waals surface area contributed by atoms with Gasteiger partial charge < -0.3 is 15.5 Å². The minimum Gasteiger partial charge on any atom is -0.336 e. The quantitative estimate of drug-likeness (QED) is 0.737. The molecule has 1 aliphatic heterocycles. The second kappa shape index (κ2) is 9.82. The molecule has 32 heavy (non-hydrogen) atoms. The molecule has 0 aromatic heterocycles. The molecule has 3 rings (SSSR count). The van der Waals surface area contributed by atoms with Crippen molar-refractivity contribution in [3.05, 3.63) is 59.7 Å². The molecule has 1 heterocycles. The molecular weight excluding hydrogens is 425 g/mol. The summed E-state index contributed by atoms with van der Waals surface area (Å²) in [7, 11) is 0. The molecule has 2 aromatic rings. The molecule has 0 atom stereocenters. The molecule has 3 amide bonds. The molecule has 2 N–H and O–H groups in total. The van der Waals surface area contributed by atoms with Crippen molar-refractivity contribution in [1.29, 1.82) is 0 Å². The molecule has 1 aliphatic rings. The fourth-order valence-electron chi connectivity index (χ4n) is 3.46. The number of benzene rings is 2. The van der Waals surface area contributed by atoms with Crippen LogP contribution >= 0.6 is 0 Å². The largest absolute Gasteiger partial charge is 0.418 e. The van der Waals surface area contributed by atoms with Crippen molar-refractivity contribution in [2.75, 3.05) is 43.4 Å². The molecular formula is C22H23F3N4O3. The van der Waals surface area contributed by atoms with Gasteiger partial charge in [-0.25, -0.2) is 0 Å². The Labute approximate surface area is 183 Å². The fourth-order valence-corrected chi connectivity index (χ4v) is 3.46. The van der Waals surface area contributed by atoms with Gasteiger partial charge in [-0.3, -0.25) is 19.3 Å². The fraction of sp³-hybridized carbons (Fsp3) is 0.318. The van der Waals surface area contributed by atoms with E-state index in [9.17, 15) is 27.6 Å². The van der Waals surface area contributed by atoms with E-state index in [1.54, 1.807) is 34.1 Å². The predicted molar refractivity (Wildman–Crippen MR) is 113 cm³/mol. The van der Waals surface area contributed by atoms with Crippen LogP contribution in [0.4, 0.5) is 24.5 Å². The lowest BCUT2D eigenvalue weighted by atomic mass is 10.1. The highest BCUT2D eigenvalue weighted by molar-refractivity contribution is 5.97. The maximum atomic E-state index is 13.1. The molecule has 0 saturated carbocycles. The summed E-state index contributed by atoms with van der Waals surface area (Å²) in [6.45, 7) is 2.86. The van der Waals surface area contributed by atoms with Gasteiger partial charge >= 0.3 is 6.18 Å². The summed E-state index contributed by atoms with van der Waals surface area (Å²) in [5.41, 5.74) is -0.216. The third-order valence-corrected chi connectivity index (χ3v) is 4.96. The first-order valence-corrected chi connectivity index (χ1v) is 9.99. The minimum absolute atomic E-state index is 0.0771. The number of hydrogen-bond donors (Lipinski definition) is 2. The van der Waals surface area contributed by atoms with E-state index in [1.807, 2.05) is 0 Å². The monoisotopic (exact) mass is 448 g/mol. The van der Waals surface area contributed by atoms with Gasteiger partial charge in [0.1, 0.15) is 0 Å². The Morgan fingerprint density at radius 3 is 2.28 bits per heavy atom. The highest BCUT2D eigenvalue weighted by atomic mass is 19.4. The first-order valence-electron chi connectivity index (χ1n) is 9.99. The third kappa shape index (κ3) is 6.07. The predicted octanol–water partition coefficient (Wildman–Crippen LogP) is 3.06. The standard InChI is InChI=1S/C22H23F3N4O3/c1-15(30)26-17-6-4-5-16(13-17)21(32)29-11-9-28(10-12-29)14-20(31)27-19-8-3-2-7-18(19)22(23,24)25/h2-8,13H,9-12,14H2,1H3,(H,26,30)(H,27,31). The van der Waals surface area contributed by atoms with Gasteiger partial charge in [-0.05, 0) is 30.3 Å². The summed E-state index contributed by atoms with van der Waals surface area (Å²) in [5.74, 6) is -0.982. The molecule has 0 radical (unpaired) electrons. The van der Waals surface area contributed by atoms with Crippen molar-refractivity contribution in [3.8, 4) is 0 Å². The molecule has 2 aromatic carbocycles. The van der Waals surface area contributed by atoms with Gasteiger partial charge in [0.25, 0.3) is 5.91 Å². The van der Waals surface area contributed by atoms with Gasteiger partial charge in [-0.15, -0.1) is 0 Å². The maximum Gasteiger partial charge on any atom is 0.418 e. The molecule has 1 fully saturated rings. The number of alkyl halides is 3. The Morgan fingerprint density at radius 2 is 1.62 bits per heavy atom. The SMILES string of the molecule is CC(=O)Nc1cccc(C(=O)N2CCN(CC(=O)Nc3ccccc3C(F)(F)F)CC2)c1. The van der Waals surface area contributed by atoms with Crippen molar-refractivity contribution < 1.29 is 27.6 Å². The lowest BCUT2D eigenvalue weighted by Gasteiger charge is -2.34. The van der Waals surface area contributed by atoms with Gasteiger partial charge in [0.2, 0.25) is 11.8 Å². The molecule has 0 unspecified atom stereocenters. The lowest BCUT2D eigenvalue weighted by molar-refractivity contribution is -0.137. The Hall–Kier alpha value is -3.40. The second-order valence-corrected chi connectivity index (χ2v) is 7.42. The maximum absolute atomic E-state index is 13.1. The van der Waals surface area contributed by atoms with Gasteiger partial charge in [-0.2, -0.15) is 13.2 Å². The van der Waals surface area contributed by atoms with Gasteiger partial charge in [0, 0.05) is 44.4 Å². The smallest absolute Gasteiger partial charge is 0.336 e. The van der Waals surface area contributed by atoms with Crippen LogP contribution in [0, 0.1) is 0 Å². The Morgan fingerprint density at radius 1 is 0.938 bits per heavy atom. The van der Waals surface area contributed by atoms with Crippen LogP contribution in [0.3, 0.4) is 0 Å². The first kappa shape index (κ1) is 23.3. The van der Waals surface area contributed by atoms with Gasteiger partial charge in [0.05, 0.1) is 17.8 Å². The number of anilines is 2. The van der Waals surface area contributed by atoms with E-state index in [-0.39, 0.29) is 24.0 Å². The summed E-state index contributed by atoms with van der Waals surface area (Å²) in [5, 5.41) is 4.96. The summed E-state index contributed by atoms with van der Waals surface area (Å²) in [4.78, 5) is 39.7. The first-order chi connectivity index (χ1) is 15.1.